The number of aromatic nitrogens is 1. The van der Waals surface area contributed by atoms with Crippen molar-refractivity contribution >= 4 is 26.7 Å². The molecule has 0 aliphatic heterocycles. The Kier molecular flexibility index (Phi) is 6.77. The molecule has 0 fully saturated rings. The van der Waals surface area contributed by atoms with Crippen LogP contribution in [0.3, 0.4) is 0 Å². The molecule has 0 radical (unpaired) electrons. The van der Waals surface area contributed by atoms with Crippen LogP contribution < -0.4 is 0 Å². The van der Waals surface area contributed by atoms with Crippen LogP contribution in [0.4, 0.5) is 0 Å². The first-order valence-corrected chi connectivity index (χ1v) is 13.4. The van der Waals surface area contributed by atoms with E-state index in [1.165, 1.54) is 13.4 Å². The Balaban J connectivity index is 2.07. The second-order valence-corrected chi connectivity index (χ2v) is 11.7. The standard InChI is InChI=1S/C29H29NO4S/c1-29(2,35(4,32)33)23-18-22-13-9-17-30-28(22)25(19-23)27-21(15-16-26(31)34-3)12-8-14-24(27)20-10-6-5-7-11-20/h5-14,17-19H,15-16H2,1-4H3. The van der Waals surface area contributed by atoms with Gasteiger partial charge in [0.25, 0.3) is 0 Å². The summed E-state index contributed by atoms with van der Waals surface area (Å²) in [6.07, 6.45) is 3.73. The Bertz CT molecular complexity index is 1490. The summed E-state index contributed by atoms with van der Waals surface area (Å²) in [4.78, 5) is 16.7. The zero-order valence-corrected chi connectivity index (χ0v) is 21.2. The van der Waals surface area contributed by atoms with Gasteiger partial charge in [0.2, 0.25) is 0 Å². The van der Waals surface area contributed by atoms with E-state index in [0.717, 1.165) is 38.7 Å². The highest BCUT2D eigenvalue weighted by molar-refractivity contribution is 7.91. The molecular weight excluding hydrogens is 458 g/mol. The van der Waals surface area contributed by atoms with E-state index < -0.39 is 14.6 Å². The van der Waals surface area contributed by atoms with Gasteiger partial charge in [-0.15, -0.1) is 0 Å². The molecule has 6 heteroatoms. The van der Waals surface area contributed by atoms with E-state index in [-0.39, 0.29) is 12.4 Å². The van der Waals surface area contributed by atoms with Crippen LogP contribution in [0.2, 0.25) is 0 Å². The van der Waals surface area contributed by atoms with Crippen LogP contribution in [0.15, 0.2) is 79.0 Å². The first kappa shape index (κ1) is 24.6. The van der Waals surface area contributed by atoms with Gasteiger partial charge in [0.1, 0.15) is 0 Å². The Morgan fingerprint density at radius 1 is 0.943 bits per heavy atom. The summed E-state index contributed by atoms with van der Waals surface area (Å²) in [7, 11) is -2.02. The number of pyridine rings is 1. The van der Waals surface area contributed by atoms with Gasteiger partial charge in [-0.1, -0.05) is 54.6 Å². The smallest absolute Gasteiger partial charge is 0.305 e. The van der Waals surface area contributed by atoms with Gasteiger partial charge in [0.15, 0.2) is 9.84 Å². The predicted octanol–water partition coefficient (Wildman–Crippen LogP) is 5.95. The molecule has 0 unspecified atom stereocenters. The highest BCUT2D eigenvalue weighted by Gasteiger charge is 2.33. The first-order valence-electron chi connectivity index (χ1n) is 11.5. The molecule has 0 saturated heterocycles. The fourth-order valence-corrected chi connectivity index (χ4v) is 4.81. The van der Waals surface area contributed by atoms with Crippen LogP contribution in [0, 0.1) is 0 Å². The average molecular weight is 488 g/mol. The van der Waals surface area contributed by atoms with Crippen LogP contribution >= 0.6 is 0 Å². The fourth-order valence-electron chi connectivity index (χ4n) is 4.27. The van der Waals surface area contributed by atoms with E-state index >= 15 is 0 Å². The molecule has 0 aliphatic carbocycles. The molecule has 0 bridgehead atoms. The van der Waals surface area contributed by atoms with Gasteiger partial charge in [-0.2, -0.15) is 0 Å². The highest BCUT2D eigenvalue weighted by atomic mass is 32.2. The molecule has 1 aromatic heterocycles. The number of fused-ring (bicyclic) bond motifs is 1. The molecule has 4 rings (SSSR count). The molecule has 0 spiro atoms. The minimum atomic E-state index is -3.40. The lowest BCUT2D eigenvalue weighted by Crippen LogP contribution is -2.28. The van der Waals surface area contributed by atoms with Gasteiger partial charge in [0.05, 0.1) is 17.4 Å². The van der Waals surface area contributed by atoms with Gasteiger partial charge in [-0.3, -0.25) is 9.78 Å². The number of esters is 1. The number of hydrogen-bond acceptors (Lipinski definition) is 5. The Hall–Kier alpha value is -3.51. The predicted molar refractivity (Wildman–Crippen MR) is 141 cm³/mol. The van der Waals surface area contributed by atoms with Crippen molar-refractivity contribution in [3.63, 3.8) is 0 Å². The Morgan fingerprint density at radius 2 is 1.69 bits per heavy atom. The fraction of sp³-hybridized carbons (Fsp3) is 0.241. The summed E-state index contributed by atoms with van der Waals surface area (Å²) in [6, 6.07) is 23.7. The minimum Gasteiger partial charge on any atom is -0.469 e. The van der Waals surface area contributed by atoms with Crippen molar-refractivity contribution in [2.45, 2.75) is 31.4 Å². The van der Waals surface area contributed by atoms with Gasteiger partial charge in [-0.25, -0.2) is 8.42 Å². The summed E-state index contributed by atoms with van der Waals surface area (Å²) >= 11 is 0. The molecule has 0 N–H and O–H groups in total. The number of sulfone groups is 1. The second kappa shape index (κ2) is 9.62. The first-order chi connectivity index (χ1) is 16.6. The Labute approximate surface area is 206 Å². The maximum Gasteiger partial charge on any atom is 0.305 e. The summed E-state index contributed by atoms with van der Waals surface area (Å²) in [5.41, 5.74) is 6.25. The lowest BCUT2D eigenvalue weighted by Gasteiger charge is -2.25. The molecule has 0 aliphatic rings. The number of hydrogen-bond donors (Lipinski definition) is 0. The summed E-state index contributed by atoms with van der Waals surface area (Å²) in [5.74, 6) is -0.281. The van der Waals surface area contributed by atoms with Gasteiger partial charge in [0, 0.05) is 29.8 Å². The summed E-state index contributed by atoms with van der Waals surface area (Å²) < 4.78 is 29.3. The molecule has 35 heavy (non-hydrogen) atoms. The van der Waals surface area contributed by atoms with Crippen molar-refractivity contribution in [3.05, 3.63) is 90.1 Å². The third kappa shape index (κ3) is 4.84. The van der Waals surface area contributed by atoms with Gasteiger partial charge in [-0.05, 0) is 66.3 Å². The van der Waals surface area contributed by atoms with E-state index in [1.54, 1.807) is 20.0 Å². The van der Waals surface area contributed by atoms with E-state index in [0.29, 0.717) is 12.0 Å². The van der Waals surface area contributed by atoms with Gasteiger partial charge >= 0.3 is 5.97 Å². The average Bonchev–Trinajstić information content (AvgIpc) is 2.86. The van der Waals surface area contributed by atoms with Gasteiger partial charge < -0.3 is 4.74 Å². The quantitative estimate of drug-likeness (QED) is 0.301. The number of methoxy groups -OCH3 is 1. The van der Waals surface area contributed by atoms with Crippen LogP contribution in [-0.4, -0.2) is 32.7 Å². The maximum atomic E-state index is 12.7. The zero-order chi connectivity index (χ0) is 25.2. The van der Waals surface area contributed by atoms with E-state index in [2.05, 4.69) is 11.1 Å². The number of benzene rings is 3. The molecule has 180 valence electrons. The van der Waals surface area contributed by atoms with Crippen LogP contribution in [0.1, 0.15) is 31.4 Å². The van der Waals surface area contributed by atoms with Crippen LogP contribution in [0.5, 0.6) is 0 Å². The number of carbonyl (C=O) groups is 1. The SMILES string of the molecule is COC(=O)CCc1cccc(-c2ccccc2)c1-c1cc(C(C)(C)S(C)(=O)=O)cc2cccnc12. The van der Waals surface area contributed by atoms with Crippen molar-refractivity contribution in [2.75, 3.05) is 13.4 Å². The molecule has 0 saturated carbocycles. The number of nitrogens with zero attached hydrogens (tertiary/aromatic N) is 1. The van der Waals surface area contributed by atoms with E-state index in [9.17, 15) is 13.2 Å². The molecule has 0 amide bonds. The van der Waals surface area contributed by atoms with Crippen LogP contribution in [-0.2, 0) is 30.5 Å². The van der Waals surface area contributed by atoms with Crippen molar-refractivity contribution in [1.82, 2.24) is 4.98 Å². The third-order valence-corrected chi connectivity index (χ3v) is 8.75. The Morgan fingerprint density at radius 3 is 2.37 bits per heavy atom. The van der Waals surface area contributed by atoms with Crippen molar-refractivity contribution in [3.8, 4) is 22.3 Å². The lowest BCUT2D eigenvalue weighted by molar-refractivity contribution is -0.140. The molecule has 5 nitrogen and oxygen atoms in total. The molecule has 3 aromatic carbocycles. The summed E-state index contributed by atoms with van der Waals surface area (Å²) in [5, 5.41) is 0.860. The van der Waals surface area contributed by atoms with Crippen LogP contribution in [0.25, 0.3) is 33.2 Å². The highest BCUT2D eigenvalue weighted by Crippen LogP contribution is 2.41. The van der Waals surface area contributed by atoms with Crippen molar-refractivity contribution in [1.29, 1.82) is 0 Å². The minimum absolute atomic E-state index is 0.238. The molecule has 0 atom stereocenters. The topological polar surface area (TPSA) is 73.3 Å². The van der Waals surface area contributed by atoms with E-state index in [4.69, 9.17) is 4.74 Å². The molecular formula is C29H29NO4S. The monoisotopic (exact) mass is 487 g/mol. The number of ether oxygens (including phenoxy) is 1. The summed E-state index contributed by atoms with van der Waals surface area (Å²) in [6.45, 7) is 3.45. The number of aryl methyl sites for hydroxylation is 1. The number of carbonyl (C=O) groups excluding carboxylic acids is 1. The molecule has 4 aromatic rings. The zero-order valence-electron chi connectivity index (χ0n) is 20.4. The maximum absolute atomic E-state index is 12.7. The molecule has 1 heterocycles. The largest absolute Gasteiger partial charge is 0.469 e. The van der Waals surface area contributed by atoms with Crippen molar-refractivity contribution in [2.24, 2.45) is 0 Å². The second-order valence-electron chi connectivity index (χ2n) is 9.16. The normalized spacial score (nSPS) is 12.0. The number of rotatable bonds is 7. The van der Waals surface area contributed by atoms with Crippen molar-refractivity contribution < 1.29 is 17.9 Å². The van der Waals surface area contributed by atoms with E-state index in [1.807, 2.05) is 66.7 Å². The third-order valence-electron chi connectivity index (χ3n) is 6.66. The lowest BCUT2D eigenvalue weighted by atomic mass is 9.85.